The number of nitrogens with zero attached hydrogens (tertiary/aromatic N) is 3. The summed E-state index contributed by atoms with van der Waals surface area (Å²) in [6, 6.07) is 9.22. The number of aromatic nitrogens is 2. The second-order valence-corrected chi connectivity index (χ2v) is 9.19. The molecule has 1 aromatic heterocycles. The maximum atomic E-state index is 12.7. The van der Waals surface area contributed by atoms with Crippen molar-refractivity contribution < 1.29 is 30.8 Å². The van der Waals surface area contributed by atoms with Gasteiger partial charge in [0, 0.05) is 24.7 Å². The summed E-state index contributed by atoms with van der Waals surface area (Å²) < 4.78 is 69.7. The highest BCUT2D eigenvalue weighted by atomic mass is 32.2. The van der Waals surface area contributed by atoms with Crippen LogP contribution in [-0.4, -0.2) is 42.4 Å². The Morgan fingerprint density at radius 1 is 1.06 bits per heavy atom. The smallest absolute Gasteiger partial charge is 0.403 e. The number of unbranched alkanes of at least 4 members (excludes halogenated alkanes) is 1. The minimum atomic E-state index is -4.47. The van der Waals surface area contributed by atoms with Crippen LogP contribution in [0, 0.1) is 0 Å². The van der Waals surface area contributed by atoms with Crippen molar-refractivity contribution in [2.45, 2.75) is 30.8 Å². The molecule has 0 fully saturated rings. The zero-order valence-corrected chi connectivity index (χ0v) is 18.6. The Morgan fingerprint density at radius 2 is 1.70 bits per heavy atom. The van der Waals surface area contributed by atoms with Crippen LogP contribution < -0.4 is 5.32 Å². The average Bonchev–Trinajstić information content (AvgIpc) is 3.25. The van der Waals surface area contributed by atoms with Crippen LogP contribution in [0.1, 0.15) is 35.7 Å². The average molecular weight is 482 g/mol. The number of anilines is 1. The molecule has 3 aromatic rings. The lowest BCUT2D eigenvalue weighted by Crippen LogP contribution is -2.28. The third kappa shape index (κ3) is 5.76. The number of sulfonamides is 1. The van der Waals surface area contributed by atoms with Crippen molar-refractivity contribution >= 4 is 21.9 Å². The Kier molecular flexibility index (Phi) is 7.18. The van der Waals surface area contributed by atoms with Crippen LogP contribution >= 0.6 is 0 Å². The van der Waals surface area contributed by atoms with Gasteiger partial charge >= 0.3 is 12.2 Å². The van der Waals surface area contributed by atoms with Crippen LogP contribution in [0.15, 0.2) is 57.8 Å². The third-order valence-corrected chi connectivity index (χ3v) is 6.63. The van der Waals surface area contributed by atoms with Gasteiger partial charge in [-0.25, -0.2) is 12.7 Å². The predicted molar refractivity (Wildman–Crippen MR) is 114 cm³/mol. The molecule has 0 atom stereocenters. The Hall–Kier alpha value is -3.25. The van der Waals surface area contributed by atoms with Crippen LogP contribution in [-0.2, 0) is 16.2 Å². The number of benzene rings is 2. The van der Waals surface area contributed by atoms with Gasteiger partial charge < -0.3 is 4.42 Å². The number of amides is 1. The number of nitrogens with one attached hydrogen (secondary N) is 1. The lowest BCUT2D eigenvalue weighted by Gasteiger charge is -2.16. The lowest BCUT2D eigenvalue weighted by atomic mass is 10.1. The van der Waals surface area contributed by atoms with Gasteiger partial charge in [-0.15, -0.1) is 5.10 Å². The van der Waals surface area contributed by atoms with Gasteiger partial charge in [0.15, 0.2) is 0 Å². The first-order chi connectivity index (χ1) is 15.5. The van der Waals surface area contributed by atoms with Gasteiger partial charge in [-0.3, -0.25) is 10.1 Å². The third-order valence-electron chi connectivity index (χ3n) is 4.76. The molecule has 0 unspecified atom stereocenters. The molecule has 0 radical (unpaired) electrons. The number of rotatable bonds is 8. The van der Waals surface area contributed by atoms with E-state index in [-0.39, 0.29) is 27.9 Å². The molecule has 33 heavy (non-hydrogen) atoms. The van der Waals surface area contributed by atoms with Crippen molar-refractivity contribution in [3.8, 4) is 11.5 Å². The summed E-state index contributed by atoms with van der Waals surface area (Å²) >= 11 is 0. The molecule has 1 heterocycles. The van der Waals surface area contributed by atoms with Gasteiger partial charge in [-0.05, 0) is 55.0 Å². The Morgan fingerprint density at radius 3 is 2.27 bits per heavy atom. The lowest BCUT2D eigenvalue weighted by molar-refractivity contribution is -0.137. The van der Waals surface area contributed by atoms with Gasteiger partial charge in [0.1, 0.15) is 0 Å². The Labute approximate surface area is 188 Å². The molecule has 0 spiro atoms. The van der Waals surface area contributed by atoms with E-state index in [1.54, 1.807) is 0 Å². The van der Waals surface area contributed by atoms with E-state index in [0.29, 0.717) is 6.54 Å². The fraction of sp³-hybridized carbons (Fsp3) is 0.286. The van der Waals surface area contributed by atoms with E-state index >= 15 is 0 Å². The summed E-state index contributed by atoms with van der Waals surface area (Å²) in [5.41, 5.74) is -0.418. The maximum absolute atomic E-state index is 12.7. The number of carbonyl (C=O) groups is 1. The molecule has 0 aliphatic rings. The molecule has 0 aliphatic carbocycles. The number of carbonyl (C=O) groups excluding carboxylic acids is 1. The molecular weight excluding hydrogens is 461 g/mol. The summed E-state index contributed by atoms with van der Waals surface area (Å²) in [6.07, 6.45) is -2.88. The van der Waals surface area contributed by atoms with E-state index in [2.05, 4.69) is 15.5 Å². The largest absolute Gasteiger partial charge is 0.416 e. The monoisotopic (exact) mass is 482 g/mol. The molecule has 0 saturated carbocycles. The fourth-order valence-electron chi connectivity index (χ4n) is 2.82. The van der Waals surface area contributed by atoms with Gasteiger partial charge in [-0.2, -0.15) is 13.2 Å². The van der Waals surface area contributed by atoms with Crippen molar-refractivity contribution in [3.05, 3.63) is 59.7 Å². The molecule has 0 aliphatic heterocycles. The summed E-state index contributed by atoms with van der Waals surface area (Å²) in [4.78, 5) is 12.5. The van der Waals surface area contributed by atoms with Crippen molar-refractivity contribution in [3.63, 3.8) is 0 Å². The molecule has 3 rings (SSSR count). The summed E-state index contributed by atoms with van der Waals surface area (Å²) in [7, 11) is -2.17. The first kappa shape index (κ1) is 24.4. The zero-order chi connectivity index (χ0) is 24.2. The SMILES string of the molecule is CCCCN(C)S(=O)(=O)c1ccc(C(=O)Nc2nnc(-c3ccc(C(F)(F)F)cc3)o2)cc1. The standard InChI is InChI=1S/C21H21F3N4O4S/c1-3-4-13-28(2)33(30,31)17-11-7-14(8-12-17)18(29)25-20-27-26-19(32-20)15-5-9-16(10-6-15)21(22,23)24/h5-12H,3-4,13H2,1-2H3,(H,25,27,29). The molecule has 176 valence electrons. The first-order valence-electron chi connectivity index (χ1n) is 9.91. The van der Waals surface area contributed by atoms with Crippen LogP contribution in [0.4, 0.5) is 19.2 Å². The minimum Gasteiger partial charge on any atom is -0.403 e. The van der Waals surface area contributed by atoms with Gasteiger partial charge in [0.25, 0.3) is 5.91 Å². The van der Waals surface area contributed by atoms with E-state index in [4.69, 9.17) is 4.42 Å². The minimum absolute atomic E-state index is 0.0556. The molecule has 8 nitrogen and oxygen atoms in total. The van der Waals surface area contributed by atoms with Gasteiger partial charge in [0.2, 0.25) is 15.9 Å². The summed E-state index contributed by atoms with van der Waals surface area (Å²) in [5.74, 6) is -0.698. The second-order valence-electron chi connectivity index (χ2n) is 7.15. The van der Waals surface area contributed by atoms with Crippen molar-refractivity contribution in [1.29, 1.82) is 0 Å². The Balaban J connectivity index is 1.68. The molecule has 0 saturated heterocycles. The highest BCUT2D eigenvalue weighted by Crippen LogP contribution is 2.31. The molecule has 1 amide bonds. The van der Waals surface area contributed by atoms with Crippen molar-refractivity contribution in [2.75, 3.05) is 18.9 Å². The maximum Gasteiger partial charge on any atom is 0.416 e. The summed E-state index contributed by atoms with van der Waals surface area (Å²) in [6.45, 7) is 2.35. The number of halogens is 3. The molecule has 1 N–H and O–H groups in total. The number of hydrogen-bond donors (Lipinski definition) is 1. The van der Waals surface area contributed by atoms with Crippen LogP contribution in [0.2, 0.25) is 0 Å². The number of hydrogen-bond acceptors (Lipinski definition) is 6. The highest BCUT2D eigenvalue weighted by Gasteiger charge is 2.30. The van der Waals surface area contributed by atoms with E-state index in [1.165, 1.54) is 47.8 Å². The van der Waals surface area contributed by atoms with Crippen molar-refractivity contribution in [1.82, 2.24) is 14.5 Å². The number of alkyl halides is 3. The normalized spacial score (nSPS) is 12.2. The Bertz CT molecular complexity index is 1210. The van der Waals surface area contributed by atoms with Crippen molar-refractivity contribution in [2.24, 2.45) is 0 Å². The van der Waals surface area contributed by atoms with Gasteiger partial charge in [-0.1, -0.05) is 18.4 Å². The first-order valence-corrected chi connectivity index (χ1v) is 11.3. The predicted octanol–water partition coefficient (Wildman–Crippen LogP) is 4.43. The van der Waals surface area contributed by atoms with Crippen LogP contribution in [0.25, 0.3) is 11.5 Å². The van der Waals surface area contributed by atoms with Crippen LogP contribution in [0.3, 0.4) is 0 Å². The second kappa shape index (κ2) is 9.71. The van der Waals surface area contributed by atoms with Crippen LogP contribution in [0.5, 0.6) is 0 Å². The quantitative estimate of drug-likeness (QED) is 0.509. The topological polar surface area (TPSA) is 105 Å². The van der Waals surface area contributed by atoms with E-state index in [9.17, 15) is 26.4 Å². The van der Waals surface area contributed by atoms with Gasteiger partial charge in [0.05, 0.1) is 10.5 Å². The summed E-state index contributed by atoms with van der Waals surface area (Å²) in [5, 5.41) is 9.76. The van der Waals surface area contributed by atoms with E-state index < -0.39 is 27.7 Å². The highest BCUT2D eigenvalue weighted by molar-refractivity contribution is 7.89. The molecular formula is C21H21F3N4O4S. The van der Waals surface area contributed by atoms with E-state index in [0.717, 1.165) is 25.0 Å². The molecule has 0 bridgehead atoms. The van der Waals surface area contributed by atoms with E-state index in [1.807, 2.05) is 6.92 Å². The fourth-order valence-corrected chi connectivity index (χ4v) is 4.03. The molecule has 12 heteroatoms. The molecule has 2 aromatic carbocycles. The zero-order valence-electron chi connectivity index (χ0n) is 17.8.